The Labute approximate surface area is 180 Å². The van der Waals surface area contributed by atoms with Crippen LogP contribution in [0.5, 0.6) is 0 Å². The van der Waals surface area contributed by atoms with E-state index in [9.17, 15) is 10.2 Å². The van der Waals surface area contributed by atoms with Crippen LogP contribution in [0.2, 0.25) is 0 Å². The third-order valence-corrected chi connectivity index (χ3v) is 11.2. The van der Waals surface area contributed by atoms with Crippen LogP contribution in [-0.2, 0) is 14.2 Å². The molecular weight excluding hydrogens is 382 g/mol. The highest BCUT2D eigenvalue weighted by molar-refractivity contribution is 5.33. The second-order valence-electron chi connectivity index (χ2n) is 11.5. The van der Waals surface area contributed by atoms with Crippen LogP contribution < -0.4 is 0 Å². The number of likely N-dealkylation sites (tertiary alicyclic amines) is 1. The summed E-state index contributed by atoms with van der Waals surface area (Å²) in [5.74, 6) is 1.03. The lowest BCUT2D eigenvalue weighted by Crippen LogP contribution is -2.76. The molecule has 7 bridgehead atoms. The van der Waals surface area contributed by atoms with E-state index in [0.29, 0.717) is 18.4 Å². The van der Waals surface area contributed by atoms with Gasteiger partial charge in [-0.15, -0.1) is 0 Å². The van der Waals surface area contributed by atoms with Gasteiger partial charge in [0.05, 0.1) is 30.5 Å². The number of fused-ring (bicyclic) bond motifs is 2. The van der Waals surface area contributed by atoms with Crippen molar-refractivity contribution < 1.29 is 24.4 Å². The van der Waals surface area contributed by atoms with E-state index in [1.165, 1.54) is 0 Å². The van der Waals surface area contributed by atoms with E-state index in [1.807, 2.05) is 14.2 Å². The van der Waals surface area contributed by atoms with Crippen molar-refractivity contribution in [2.75, 3.05) is 41.0 Å². The van der Waals surface area contributed by atoms with Gasteiger partial charge in [0.15, 0.2) is 0 Å². The largest absolute Gasteiger partial charge is 0.392 e. The number of ether oxygens (including phenoxy) is 3. The summed E-state index contributed by atoms with van der Waals surface area (Å²) in [6.07, 6.45) is 4.52. The molecule has 2 N–H and O–H groups in total. The maximum absolute atomic E-state index is 12.4. The van der Waals surface area contributed by atoms with Crippen LogP contribution in [0.25, 0.3) is 0 Å². The summed E-state index contributed by atoms with van der Waals surface area (Å²) >= 11 is 0. The summed E-state index contributed by atoms with van der Waals surface area (Å²) in [6, 6.07) is 0.329. The van der Waals surface area contributed by atoms with E-state index < -0.39 is 11.7 Å². The predicted molar refractivity (Wildman–Crippen MR) is 111 cm³/mol. The minimum Gasteiger partial charge on any atom is -0.392 e. The van der Waals surface area contributed by atoms with Gasteiger partial charge in [0.2, 0.25) is 0 Å². The molecule has 5 aliphatic carbocycles. The van der Waals surface area contributed by atoms with Gasteiger partial charge in [-0.2, -0.15) is 0 Å². The molecule has 6 heteroatoms. The summed E-state index contributed by atoms with van der Waals surface area (Å²) in [6.45, 7) is 5.11. The number of piperidine rings is 1. The lowest BCUT2D eigenvalue weighted by molar-refractivity contribution is -0.276. The number of nitrogens with zero attached hydrogens (tertiary/aromatic N) is 1. The van der Waals surface area contributed by atoms with Gasteiger partial charge in [-0.3, -0.25) is 4.90 Å². The van der Waals surface area contributed by atoms with E-state index in [0.717, 1.165) is 45.4 Å². The van der Waals surface area contributed by atoms with Gasteiger partial charge in [-0.25, -0.2) is 0 Å². The molecular formula is C24H39NO5. The standard InChI is InChI=1S/C24H39NO5/c1-5-25-11-22(12-28-2)7-6-18(30-4)24-14-8-13-16(29-3)10-23(27,19(14)20(13)26)15(21(24)25)9-17(22)24/h13-21,26-27H,5-12H2,1-4H3/t13-,14-,15+,16+,17+,18+,19-,20+,21-,22+,23+,24-/m1/s1. The average Bonchev–Trinajstić information content (AvgIpc) is 3.15. The second-order valence-corrected chi connectivity index (χ2v) is 11.5. The highest BCUT2D eigenvalue weighted by Crippen LogP contribution is 2.79. The zero-order valence-corrected chi connectivity index (χ0v) is 18.9. The zero-order chi connectivity index (χ0) is 21.1. The van der Waals surface area contributed by atoms with Gasteiger partial charge in [-0.05, 0) is 44.1 Å². The molecule has 6 nitrogen and oxygen atoms in total. The molecule has 30 heavy (non-hydrogen) atoms. The minimum atomic E-state index is -0.847. The molecule has 6 fully saturated rings. The third kappa shape index (κ3) is 2.00. The zero-order valence-electron chi connectivity index (χ0n) is 18.9. The van der Waals surface area contributed by atoms with Crippen LogP contribution in [0.4, 0.5) is 0 Å². The third-order valence-electron chi connectivity index (χ3n) is 11.2. The maximum Gasteiger partial charge on any atom is 0.0771 e. The van der Waals surface area contributed by atoms with Gasteiger partial charge in [0.25, 0.3) is 0 Å². The normalized spacial score (nSPS) is 60.8. The van der Waals surface area contributed by atoms with Crippen LogP contribution in [0.15, 0.2) is 0 Å². The number of aliphatic hydroxyl groups excluding tert-OH is 1. The topological polar surface area (TPSA) is 71.4 Å². The maximum atomic E-state index is 12.4. The number of hydrogen-bond donors (Lipinski definition) is 2. The fourth-order valence-electron chi connectivity index (χ4n) is 10.7. The van der Waals surface area contributed by atoms with Crippen molar-refractivity contribution in [2.24, 2.45) is 40.4 Å². The Kier molecular flexibility index (Phi) is 4.36. The van der Waals surface area contributed by atoms with Crippen LogP contribution in [0.1, 0.15) is 39.0 Å². The van der Waals surface area contributed by atoms with Gasteiger partial charge in [0, 0.05) is 68.9 Å². The van der Waals surface area contributed by atoms with E-state index in [4.69, 9.17) is 14.2 Å². The molecule has 0 radical (unpaired) electrons. The van der Waals surface area contributed by atoms with Gasteiger partial charge < -0.3 is 24.4 Å². The van der Waals surface area contributed by atoms with Gasteiger partial charge in [-0.1, -0.05) is 6.92 Å². The quantitative estimate of drug-likeness (QED) is 0.702. The molecule has 1 spiro atoms. The molecule has 6 aliphatic rings. The van der Waals surface area contributed by atoms with Crippen molar-refractivity contribution in [3.05, 3.63) is 0 Å². The Morgan fingerprint density at radius 3 is 2.57 bits per heavy atom. The molecule has 5 saturated carbocycles. The fraction of sp³-hybridized carbons (Fsp3) is 1.00. The first-order chi connectivity index (χ1) is 14.4. The lowest BCUT2D eigenvalue weighted by atomic mass is 9.43. The first-order valence-electron chi connectivity index (χ1n) is 12.1. The average molecular weight is 422 g/mol. The highest BCUT2D eigenvalue weighted by atomic mass is 16.5. The molecule has 170 valence electrons. The number of methoxy groups -OCH3 is 3. The summed E-state index contributed by atoms with van der Waals surface area (Å²) in [5.41, 5.74) is -0.719. The van der Waals surface area contributed by atoms with Crippen molar-refractivity contribution in [2.45, 2.75) is 69.0 Å². The van der Waals surface area contributed by atoms with Crippen LogP contribution in [0, 0.1) is 40.4 Å². The molecule has 0 aromatic carbocycles. The van der Waals surface area contributed by atoms with E-state index in [2.05, 4.69) is 11.8 Å². The smallest absolute Gasteiger partial charge is 0.0771 e. The Balaban J connectivity index is 1.58. The van der Waals surface area contributed by atoms with E-state index in [1.54, 1.807) is 7.11 Å². The summed E-state index contributed by atoms with van der Waals surface area (Å²) in [4.78, 5) is 2.67. The minimum absolute atomic E-state index is 0.000283. The molecule has 6 rings (SSSR count). The Bertz CT molecular complexity index is 720. The molecule has 0 aromatic heterocycles. The predicted octanol–water partition coefficient (Wildman–Crippen LogP) is 1.53. The fourth-order valence-corrected chi connectivity index (χ4v) is 10.7. The highest BCUT2D eigenvalue weighted by Gasteiger charge is 2.83. The van der Waals surface area contributed by atoms with Crippen molar-refractivity contribution >= 4 is 0 Å². The van der Waals surface area contributed by atoms with Crippen molar-refractivity contribution in [1.29, 1.82) is 0 Å². The molecule has 1 heterocycles. The van der Waals surface area contributed by atoms with Crippen molar-refractivity contribution in [3.8, 4) is 0 Å². The molecule has 1 saturated heterocycles. The summed E-state index contributed by atoms with van der Waals surface area (Å²) in [5, 5.41) is 23.8. The van der Waals surface area contributed by atoms with E-state index in [-0.39, 0.29) is 46.7 Å². The number of hydrogen-bond acceptors (Lipinski definition) is 6. The SMILES string of the molecule is CCN1C[C@]2(COC)CC[C@H](OC)[C@@]34[C@@H]5C[C@H]6[C@H](O)[C@@H]5[C@](O)(C[C@@H]6OC)[C@@H](C[C@@H]23)[C@@H]14. The second kappa shape index (κ2) is 6.42. The Morgan fingerprint density at radius 2 is 1.90 bits per heavy atom. The molecule has 0 amide bonds. The lowest BCUT2D eigenvalue weighted by Gasteiger charge is -2.69. The number of rotatable bonds is 5. The van der Waals surface area contributed by atoms with Crippen LogP contribution in [0.3, 0.4) is 0 Å². The summed E-state index contributed by atoms with van der Waals surface area (Å²) in [7, 11) is 5.48. The van der Waals surface area contributed by atoms with Crippen molar-refractivity contribution in [3.63, 3.8) is 0 Å². The van der Waals surface area contributed by atoms with E-state index >= 15 is 0 Å². The van der Waals surface area contributed by atoms with Gasteiger partial charge in [0.1, 0.15) is 0 Å². The summed E-state index contributed by atoms with van der Waals surface area (Å²) < 4.78 is 18.0. The van der Waals surface area contributed by atoms with Crippen molar-refractivity contribution in [1.82, 2.24) is 4.90 Å². The van der Waals surface area contributed by atoms with Crippen LogP contribution in [-0.4, -0.2) is 86.1 Å². The first kappa shape index (κ1) is 20.4. The molecule has 0 unspecified atom stereocenters. The molecule has 1 aliphatic heterocycles. The van der Waals surface area contributed by atoms with Gasteiger partial charge >= 0.3 is 0 Å². The van der Waals surface area contributed by atoms with Crippen LogP contribution >= 0.6 is 0 Å². The molecule has 12 atom stereocenters. The monoisotopic (exact) mass is 421 g/mol. The Hall–Kier alpha value is -0.240. The Morgan fingerprint density at radius 1 is 1.10 bits per heavy atom. The number of aliphatic hydroxyl groups is 2. The molecule has 0 aromatic rings. The first-order valence-corrected chi connectivity index (χ1v) is 12.1.